The van der Waals surface area contributed by atoms with Crippen LogP contribution in [0.2, 0.25) is 0 Å². The number of aliphatic carboxylic acids is 1. The van der Waals surface area contributed by atoms with Crippen molar-refractivity contribution in [3.05, 3.63) is 10.6 Å². The number of carboxylic acid groups (broad SMARTS) is 1. The molecule has 0 aromatic carbocycles. The molecule has 0 aliphatic carbocycles. The molecule has 7 heteroatoms. The first-order valence-corrected chi connectivity index (χ1v) is 7.04. The van der Waals surface area contributed by atoms with Gasteiger partial charge in [-0.3, -0.25) is 9.59 Å². The summed E-state index contributed by atoms with van der Waals surface area (Å²) >= 11 is 1.04. The number of nitrogens with one attached hydrogen (secondary N) is 1. The van der Waals surface area contributed by atoms with Crippen LogP contribution < -0.4 is 5.32 Å². The molecule has 0 radical (unpaired) electrons. The maximum absolute atomic E-state index is 12.0. The van der Waals surface area contributed by atoms with Gasteiger partial charge in [-0.05, 0) is 31.3 Å². The minimum atomic E-state index is -0.946. The van der Waals surface area contributed by atoms with Gasteiger partial charge in [0, 0.05) is 6.54 Å². The molecule has 6 nitrogen and oxygen atoms in total. The summed E-state index contributed by atoms with van der Waals surface area (Å²) in [7, 11) is 0. The predicted molar refractivity (Wildman–Crippen MR) is 72.3 cm³/mol. The van der Waals surface area contributed by atoms with E-state index >= 15 is 0 Å². The summed E-state index contributed by atoms with van der Waals surface area (Å²) < 4.78 is 3.78. The fourth-order valence-corrected chi connectivity index (χ4v) is 2.11. The first-order chi connectivity index (χ1) is 8.94. The lowest BCUT2D eigenvalue weighted by molar-refractivity contribution is -0.147. The Balaban J connectivity index is 2.70. The van der Waals surface area contributed by atoms with Crippen molar-refractivity contribution in [1.82, 2.24) is 14.9 Å². The van der Waals surface area contributed by atoms with Crippen molar-refractivity contribution in [2.24, 2.45) is 5.41 Å². The van der Waals surface area contributed by atoms with E-state index in [-0.39, 0.29) is 12.5 Å². The van der Waals surface area contributed by atoms with E-state index in [1.165, 1.54) is 0 Å². The Kier molecular flexibility index (Phi) is 5.41. The molecule has 106 valence electrons. The molecule has 0 saturated carbocycles. The highest BCUT2D eigenvalue weighted by Crippen LogP contribution is 2.20. The van der Waals surface area contributed by atoms with Crippen LogP contribution in [0.15, 0.2) is 0 Å². The van der Waals surface area contributed by atoms with Gasteiger partial charge in [0.05, 0.1) is 11.1 Å². The minimum absolute atomic E-state index is 0.0983. The molecule has 1 rings (SSSR count). The molecule has 1 heterocycles. The highest BCUT2D eigenvalue weighted by molar-refractivity contribution is 7.08. The third kappa shape index (κ3) is 3.73. The minimum Gasteiger partial charge on any atom is -0.481 e. The van der Waals surface area contributed by atoms with Crippen molar-refractivity contribution in [3.63, 3.8) is 0 Å². The summed E-state index contributed by atoms with van der Waals surface area (Å²) in [5.74, 6) is -1.20. The van der Waals surface area contributed by atoms with Crippen molar-refractivity contribution in [1.29, 1.82) is 0 Å². The topological polar surface area (TPSA) is 92.2 Å². The first-order valence-electron chi connectivity index (χ1n) is 6.27. The molecule has 0 spiro atoms. The smallest absolute Gasteiger partial charge is 0.311 e. The third-order valence-electron chi connectivity index (χ3n) is 3.18. The number of aromatic nitrogens is 2. The Morgan fingerprint density at radius 2 is 2.11 bits per heavy atom. The van der Waals surface area contributed by atoms with Crippen molar-refractivity contribution < 1.29 is 14.7 Å². The number of carboxylic acids is 1. The predicted octanol–water partition coefficient (Wildman–Crippen LogP) is 1.72. The summed E-state index contributed by atoms with van der Waals surface area (Å²) in [4.78, 5) is 23.6. The number of carbonyl (C=O) groups excluding carboxylic acids is 1. The van der Waals surface area contributed by atoms with Crippen LogP contribution in [0, 0.1) is 5.41 Å². The van der Waals surface area contributed by atoms with Crippen LogP contribution in [0.5, 0.6) is 0 Å². The van der Waals surface area contributed by atoms with Gasteiger partial charge in [-0.2, -0.15) is 0 Å². The molecular weight excluding hydrogens is 266 g/mol. The normalized spacial score (nSPS) is 13.8. The summed E-state index contributed by atoms with van der Waals surface area (Å²) in [6.45, 7) is 5.51. The Bertz CT molecular complexity index is 461. The van der Waals surface area contributed by atoms with Gasteiger partial charge in [-0.25, -0.2) is 0 Å². The van der Waals surface area contributed by atoms with Gasteiger partial charge in [0.2, 0.25) is 0 Å². The van der Waals surface area contributed by atoms with E-state index in [9.17, 15) is 9.59 Å². The molecule has 1 atom stereocenters. The van der Waals surface area contributed by atoms with E-state index < -0.39 is 11.4 Å². The van der Waals surface area contributed by atoms with Crippen LogP contribution in [-0.4, -0.2) is 33.1 Å². The van der Waals surface area contributed by atoms with Crippen molar-refractivity contribution >= 4 is 23.4 Å². The van der Waals surface area contributed by atoms with Crippen molar-refractivity contribution in [2.45, 2.75) is 40.0 Å². The standard InChI is InChI=1S/C12H19N3O3S/c1-4-6-8-9(19-15-14-8)10(16)13-7-12(3,5-2)11(17)18/h4-7H2,1-3H3,(H,13,16)(H,17,18). The Hall–Kier alpha value is -1.50. The van der Waals surface area contributed by atoms with Gasteiger partial charge in [-0.1, -0.05) is 24.8 Å². The van der Waals surface area contributed by atoms with Gasteiger partial charge < -0.3 is 10.4 Å². The van der Waals surface area contributed by atoms with Gasteiger partial charge in [0.25, 0.3) is 5.91 Å². The van der Waals surface area contributed by atoms with Gasteiger partial charge in [-0.15, -0.1) is 5.10 Å². The maximum Gasteiger partial charge on any atom is 0.311 e. The highest BCUT2D eigenvalue weighted by atomic mass is 32.1. The number of rotatable bonds is 7. The van der Waals surface area contributed by atoms with E-state index in [4.69, 9.17) is 5.11 Å². The molecule has 19 heavy (non-hydrogen) atoms. The second-order valence-electron chi connectivity index (χ2n) is 4.70. The summed E-state index contributed by atoms with van der Waals surface area (Å²) in [5, 5.41) is 15.7. The fraction of sp³-hybridized carbons (Fsp3) is 0.667. The van der Waals surface area contributed by atoms with E-state index in [1.807, 2.05) is 6.92 Å². The average molecular weight is 285 g/mol. The number of nitrogens with zero attached hydrogens (tertiary/aromatic N) is 2. The maximum atomic E-state index is 12.0. The van der Waals surface area contributed by atoms with Gasteiger partial charge in [0.15, 0.2) is 0 Å². The van der Waals surface area contributed by atoms with E-state index in [0.717, 1.165) is 18.0 Å². The monoisotopic (exact) mass is 285 g/mol. The lowest BCUT2D eigenvalue weighted by Gasteiger charge is -2.22. The molecule has 0 fully saturated rings. The number of carbonyl (C=O) groups is 2. The number of hydrogen-bond acceptors (Lipinski definition) is 5. The molecule has 2 N–H and O–H groups in total. The second-order valence-corrected chi connectivity index (χ2v) is 5.45. The van der Waals surface area contributed by atoms with Crippen molar-refractivity contribution in [2.75, 3.05) is 6.54 Å². The average Bonchev–Trinajstić information content (AvgIpc) is 2.84. The summed E-state index contributed by atoms with van der Waals surface area (Å²) in [6.07, 6.45) is 2.03. The zero-order valence-corrected chi connectivity index (χ0v) is 12.2. The summed E-state index contributed by atoms with van der Waals surface area (Å²) in [5.41, 5.74) is -0.267. The molecular formula is C12H19N3O3S. The summed E-state index contributed by atoms with van der Waals surface area (Å²) in [6, 6.07) is 0. The third-order valence-corrected chi connectivity index (χ3v) is 3.95. The van der Waals surface area contributed by atoms with E-state index in [1.54, 1.807) is 13.8 Å². The van der Waals surface area contributed by atoms with Crippen LogP contribution in [0.1, 0.15) is 49.0 Å². The number of amides is 1. The lowest BCUT2D eigenvalue weighted by atomic mass is 9.88. The van der Waals surface area contributed by atoms with Crippen molar-refractivity contribution in [3.8, 4) is 0 Å². The Morgan fingerprint density at radius 3 is 2.63 bits per heavy atom. The largest absolute Gasteiger partial charge is 0.481 e. The lowest BCUT2D eigenvalue weighted by Crippen LogP contribution is -2.40. The quantitative estimate of drug-likeness (QED) is 0.795. The molecule has 0 aliphatic heterocycles. The Labute approximate surface area is 116 Å². The highest BCUT2D eigenvalue weighted by Gasteiger charge is 2.32. The van der Waals surface area contributed by atoms with Crippen LogP contribution in [-0.2, 0) is 11.2 Å². The first kappa shape index (κ1) is 15.6. The number of hydrogen-bond donors (Lipinski definition) is 2. The van der Waals surface area contributed by atoms with E-state index in [0.29, 0.717) is 23.4 Å². The van der Waals surface area contributed by atoms with Gasteiger partial charge in [0.1, 0.15) is 4.88 Å². The molecule has 0 saturated heterocycles. The molecule has 1 aromatic heterocycles. The fourth-order valence-electron chi connectivity index (χ4n) is 1.49. The molecule has 1 aromatic rings. The van der Waals surface area contributed by atoms with Crippen LogP contribution in [0.3, 0.4) is 0 Å². The molecule has 0 bridgehead atoms. The van der Waals surface area contributed by atoms with Crippen LogP contribution >= 0.6 is 11.5 Å². The zero-order chi connectivity index (χ0) is 14.5. The molecule has 1 unspecified atom stereocenters. The van der Waals surface area contributed by atoms with Crippen LogP contribution in [0.4, 0.5) is 0 Å². The van der Waals surface area contributed by atoms with Gasteiger partial charge >= 0.3 is 5.97 Å². The molecule has 1 amide bonds. The van der Waals surface area contributed by atoms with Crippen LogP contribution in [0.25, 0.3) is 0 Å². The van der Waals surface area contributed by atoms with E-state index in [2.05, 4.69) is 14.9 Å². The number of aryl methyl sites for hydroxylation is 1. The molecule has 0 aliphatic rings. The second kappa shape index (κ2) is 6.60. The SMILES string of the molecule is CCCc1nnsc1C(=O)NCC(C)(CC)C(=O)O. The Morgan fingerprint density at radius 1 is 1.42 bits per heavy atom. The zero-order valence-electron chi connectivity index (χ0n) is 11.4.